The number of aromatic nitrogens is 1. The summed E-state index contributed by atoms with van der Waals surface area (Å²) in [5.41, 5.74) is 0.982. The molecule has 0 radical (unpaired) electrons. The Morgan fingerprint density at radius 1 is 1.22 bits per heavy atom. The van der Waals surface area contributed by atoms with Gasteiger partial charge in [-0.05, 0) is 30.7 Å². The highest BCUT2D eigenvalue weighted by atomic mass is 35.5. The zero-order valence-corrected chi connectivity index (χ0v) is 14.0. The molecule has 2 N–H and O–H groups in total. The molecule has 2 rings (SSSR count). The smallest absolute Gasteiger partial charge is 0.242 e. The SMILES string of the molecule is Cc1ccc(NC(=O)CCNS(=O)(=O)c2ccccc2Cl)nc1. The van der Waals surface area contributed by atoms with Crippen LogP contribution in [0.3, 0.4) is 0 Å². The lowest BCUT2D eigenvalue weighted by atomic mass is 10.3. The molecule has 122 valence electrons. The molecule has 0 saturated carbocycles. The minimum Gasteiger partial charge on any atom is -0.311 e. The van der Waals surface area contributed by atoms with E-state index in [9.17, 15) is 13.2 Å². The van der Waals surface area contributed by atoms with Crippen molar-refractivity contribution in [3.8, 4) is 0 Å². The molecule has 0 spiro atoms. The molecular weight excluding hydrogens is 338 g/mol. The number of anilines is 1. The van der Waals surface area contributed by atoms with E-state index >= 15 is 0 Å². The standard InChI is InChI=1S/C15H16ClN3O3S/c1-11-6-7-14(17-10-11)19-15(20)8-9-18-23(21,22)13-5-3-2-4-12(13)16/h2-7,10,18H,8-9H2,1H3,(H,17,19,20). The molecule has 0 aliphatic heterocycles. The summed E-state index contributed by atoms with van der Waals surface area (Å²) < 4.78 is 26.5. The van der Waals surface area contributed by atoms with E-state index in [1.165, 1.54) is 12.1 Å². The van der Waals surface area contributed by atoms with E-state index in [1.807, 2.05) is 13.0 Å². The summed E-state index contributed by atoms with van der Waals surface area (Å²) in [7, 11) is -3.74. The molecule has 6 nitrogen and oxygen atoms in total. The normalized spacial score (nSPS) is 11.2. The van der Waals surface area contributed by atoms with Gasteiger partial charge in [0.2, 0.25) is 15.9 Å². The molecule has 0 saturated heterocycles. The van der Waals surface area contributed by atoms with Gasteiger partial charge in [-0.3, -0.25) is 4.79 Å². The molecule has 0 aliphatic rings. The second kappa shape index (κ2) is 7.54. The Hall–Kier alpha value is -1.96. The van der Waals surface area contributed by atoms with Crippen molar-refractivity contribution in [2.45, 2.75) is 18.2 Å². The molecule has 0 fully saturated rings. The van der Waals surface area contributed by atoms with Crippen molar-refractivity contribution in [1.29, 1.82) is 0 Å². The van der Waals surface area contributed by atoms with Crippen molar-refractivity contribution >= 4 is 33.3 Å². The Kier molecular flexibility index (Phi) is 5.70. The van der Waals surface area contributed by atoms with E-state index in [0.717, 1.165) is 5.56 Å². The summed E-state index contributed by atoms with van der Waals surface area (Å²) in [6.45, 7) is 1.85. The van der Waals surface area contributed by atoms with Gasteiger partial charge in [0.15, 0.2) is 0 Å². The number of hydrogen-bond donors (Lipinski definition) is 2. The van der Waals surface area contributed by atoms with Gasteiger partial charge < -0.3 is 5.32 Å². The number of benzene rings is 1. The predicted molar refractivity (Wildman–Crippen MR) is 88.9 cm³/mol. The van der Waals surface area contributed by atoms with Crippen LogP contribution >= 0.6 is 11.6 Å². The molecule has 23 heavy (non-hydrogen) atoms. The van der Waals surface area contributed by atoms with Crippen LogP contribution in [0, 0.1) is 6.92 Å². The summed E-state index contributed by atoms with van der Waals surface area (Å²) in [6, 6.07) is 9.62. The van der Waals surface area contributed by atoms with Crippen molar-refractivity contribution < 1.29 is 13.2 Å². The number of carbonyl (C=O) groups excluding carboxylic acids is 1. The van der Waals surface area contributed by atoms with Crippen LogP contribution in [0.5, 0.6) is 0 Å². The fraction of sp³-hybridized carbons (Fsp3) is 0.200. The van der Waals surface area contributed by atoms with Crippen LogP contribution in [-0.2, 0) is 14.8 Å². The number of nitrogens with zero attached hydrogens (tertiary/aromatic N) is 1. The van der Waals surface area contributed by atoms with Crippen LogP contribution in [0.4, 0.5) is 5.82 Å². The van der Waals surface area contributed by atoms with Crippen LogP contribution in [0.1, 0.15) is 12.0 Å². The zero-order chi connectivity index (χ0) is 16.9. The quantitative estimate of drug-likeness (QED) is 0.834. The van der Waals surface area contributed by atoms with E-state index in [-0.39, 0.29) is 28.8 Å². The highest BCUT2D eigenvalue weighted by Gasteiger charge is 2.17. The predicted octanol–water partition coefficient (Wildman–Crippen LogP) is 2.35. The average Bonchev–Trinajstić information content (AvgIpc) is 2.49. The third-order valence-corrected chi connectivity index (χ3v) is 4.91. The topological polar surface area (TPSA) is 88.2 Å². The van der Waals surface area contributed by atoms with Crippen molar-refractivity contribution in [3.05, 3.63) is 53.2 Å². The summed E-state index contributed by atoms with van der Waals surface area (Å²) in [6.07, 6.45) is 1.62. The molecule has 8 heteroatoms. The molecule has 1 amide bonds. The monoisotopic (exact) mass is 353 g/mol. The summed E-state index contributed by atoms with van der Waals surface area (Å²) in [5.74, 6) is 0.0952. The zero-order valence-electron chi connectivity index (χ0n) is 12.4. The van der Waals surface area contributed by atoms with Gasteiger partial charge in [-0.25, -0.2) is 18.1 Å². The maximum Gasteiger partial charge on any atom is 0.242 e. The molecular formula is C15H16ClN3O3S. The number of nitrogens with one attached hydrogen (secondary N) is 2. The molecule has 0 aliphatic carbocycles. The van der Waals surface area contributed by atoms with Crippen LogP contribution in [0.15, 0.2) is 47.5 Å². The van der Waals surface area contributed by atoms with Crippen LogP contribution in [-0.4, -0.2) is 25.9 Å². The number of aryl methyl sites for hydroxylation is 1. The fourth-order valence-electron chi connectivity index (χ4n) is 1.79. The first-order valence-electron chi connectivity index (χ1n) is 6.85. The Bertz CT molecular complexity index is 792. The Balaban J connectivity index is 1.88. The summed E-state index contributed by atoms with van der Waals surface area (Å²) in [5, 5.41) is 2.73. The van der Waals surface area contributed by atoms with E-state index in [1.54, 1.807) is 24.4 Å². The maximum absolute atomic E-state index is 12.1. The van der Waals surface area contributed by atoms with Gasteiger partial charge in [-0.15, -0.1) is 0 Å². The Morgan fingerprint density at radius 2 is 1.96 bits per heavy atom. The molecule has 0 unspecified atom stereocenters. The molecule has 0 bridgehead atoms. The highest BCUT2D eigenvalue weighted by molar-refractivity contribution is 7.89. The number of halogens is 1. The van der Waals surface area contributed by atoms with Gasteiger partial charge in [-0.2, -0.15) is 0 Å². The number of rotatable bonds is 6. The summed E-state index contributed by atoms with van der Waals surface area (Å²) in [4.78, 5) is 15.8. The largest absolute Gasteiger partial charge is 0.311 e. The fourth-order valence-corrected chi connectivity index (χ4v) is 3.34. The number of pyridine rings is 1. The third-order valence-electron chi connectivity index (χ3n) is 2.95. The highest BCUT2D eigenvalue weighted by Crippen LogP contribution is 2.19. The van der Waals surface area contributed by atoms with Crippen LogP contribution in [0.2, 0.25) is 5.02 Å². The molecule has 1 aromatic heterocycles. The Labute approximate surface area is 139 Å². The van der Waals surface area contributed by atoms with E-state index in [4.69, 9.17) is 11.6 Å². The first kappa shape index (κ1) is 17.4. The van der Waals surface area contributed by atoms with Gasteiger partial charge >= 0.3 is 0 Å². The lowest BCUT2D eigenvalue weighted by molar-refractivity contribution is -0.116. The third kappa shape index (κ3) is 5.02. The minimum absolute atomic E-state index is 0.0118. The molecule has 0 atom stereocenters. The first-order chi connectivity index (χ1) is 10.9. The van der Waals surface area contributed by atoms with Crippen molar-refractivity contribution in [2.75, 3.05) is 11.9 Å². The van der Waals surface area contributed by atoms with Gasteiger partial charge in [0.1, 0.15) is 10.7 Å². The van der Waals surface area contributed by atoms with Crippen molar-refractivity contribution in [3.63, 3.8) is 0 Å². The number of amides is 1. The lowest BCUT2D eigenvalue weighted by Gasteiger charge is -2.08. The molecule has 1 heterocycles. The van der Waals surface area contributed by atoms with E-state index in [0.29, 0.717) is 5.82 Å². The van der Waals surface area contributed by atoms with Gasteiger partial charge in [0.05, 0.1) is 5.02 Å². The second-order valence-electron chi connectivity index (χ2n) is 4.85. The molecule has 2 aromatic rings. The first-order valence-corrected chi connectivity index (χ1v) is 8.71. The van der Waals surface area contributed by atoms with Crippen molar-refractivity contribution in [2.24, 2.45) is 0 Å². The number of sulfonamides is 1. The number of carbonyl (C=O) groups is 1. The Morgan fingerprint density at radius 3 is 2.61 bits per heavy atom. The van der Waals surface area contributed by atoms with Crippen LogP contribution in [0.25, 0.3) is 0 Å². The minimum atomic E-state index is -3.74. The average molecular weight is 354 g/mol. The van der Waals surface area contributed by atoms with Gasteiger partial charge in [-0.1, -0.05) is 29.8 Å². The number of hydrogen-bond acceptors (Lipinski definition) is 4. The molecule has 1 aromatic carbocycles. The van der Waals surface area contributed by atoms with Crippen LogP contribution < -0.4 is 10.0 Å². The second-order valence-corrected chi connectivity index (χ2v) is 6.99. The van der Waals surface area contributed by atoms with Gasteiger partial charge in [0.25, 0.3) is 0 Å². The lowest BCUT2D eigenvalue weighted by Crippen LogP contribution is -2.28. The van der Waals surface area contributed by atoms with E-state index < -0.39 is 10.0 Å². The van der Waals surface area contributed by atoms with Gasteiger partial charge in [0, 0.05) is 19.2 Å². The van der Waals surface area contributed by atoms with Crippen molar-refractivity contribution in [1.82, 2.24) is 9.71 Å². The van der Waals surface area contributed by atoms with E-state index in [2.05, 4.69) is 15.0 Å². The summed E-state index contributed by atoms with van der Waals surface area (Å²) >= 11 is 5.86. The maximum atomic E-state index is 12.1.